The SMILES string of the molecule is O=C(O)c1coc(C(=O)N2CCN(c3cccnn3)CC2)c1. The van der Waals surface area contributed by atoms with E-state index in [2.05, 4.69) is 10.2 Å². The highest BCUT2D eigenvalue weighted by Crippen LogP contribution is 2.15. The molecule has 3 heterocycles. The van der Waals surface area contributed by atoms with Crippen LogP contribution < -0.4 is 4.90 Å². The normalized spacial score (nSPS) is 14.9. The Morgan fingerprint density at radius 3 is 2.59 bits per heavy atom. The molecule has 0 spiro atoms. The van der Waals surface area contributed by atoms with Crippen molar-refractivity contribution in [1.29, 1.82) is 0 Å². The zero-order chi connectivity index (χ0) is 15.5. The number of carboxylic acid groups (broad SMARTS) is 1. The third-order valence-corrected chi connectivity index (χ3v) is 3.51. The molecule has 8 heteroatoms. The molecule has 2 aromatic rings. The molecule has 1 saturated heterocycles. The molecule has 0 bridgehead atoms. The highest BCUT2D eigenvalue weighted by molar-refractivity contribution is 5.95. The number of furan rings is 1. The Morgan fingerprint density at radius 2 is 2.00 bits per heavy atom. The topological polar surface area (TPSA) is 99.8 Å². The number of amides is 1. The summed E-state index contributed by atoms with van der Waals surface area (Å²) in [5.74, 6) is -0.590. The summed E-state index contributed by atoms with van der Waals surface area (Å²) in [4.78, 5) is 26.8. The van der Waals surface area contributed by atoms with E-state index in [1.807, 2.05) is 17.0 Å². The van der Waals surface area contributed by atoms with Crippen molar-refractivity contribution in [2.45, 2.75) is 0 Å². The molecule has 22 heavy (non-hydrogen) atoms. The van der Waals surface area contributed by atoms with E-state index in [-0.39, 0.29) is 17.2 Å². The number of carboxylic acids is 1. The first-order valence-electron chi connectivity index (χ1n) is 6.79. The number of aromatic nitrogens is 2. The van der Waals surface area contributed by atoms with Crippen LogP contribution in [-0.4, -0.2) is 58.3 Å². The van der Waals surface area contributed by atoms with Gasteiger partial charge in [0.15, 0.2) is 11.6 Å². The molecule has 0 saturated carbocycles. The number of aromatic carboxylic acids is 1. The minimum absolute atomic E-state index is 0.0263. The van der Waals surface area contributed by atoms with Crippen molar-refractivity contribution >= 4 is 17.7 Å². The third kappa shape index (κ3) is 2.76. The van der Waals surface area contributed by atoms with Crippen molar-refractivity contribution in [3.63, 3.8) is 0 Å². The molecular formula is C14H14N4O4. The van der Waals surface area contributed by atoms with Crippen LogP contribution in [0, 0.1) is 0 Å². The molecule has 0 radical (unpaired) electrons. The van der Waals surface area contributed by atoms with Crippen molar-refractivity contribution < 1.29 is 19.1 Å². The highest BCUT2D eigenvalue weighted by Gasteiger charge is 2.25. The molecule has 1 N–H and O–H groups in total. The minimum Gasteiger partial charge on any atom is -0.478 e. The molecule has 1 fully saturated rings. The molecule has 1 aliphatic heterocycles. The van der Waals surface area contributed by atoms with Gasteiger partial charge < -0.3 is 19.3 Å². The van der Waals surface area contributed by atoms with Gasteiger partial charge in [-0.3, -0.25) is 4.79 Å². The van der Waals surface area contributed by atoms with Gasteiger partial charge in [-0.2, -0.15) is 5.10 Å². The van der Waals surface area contributed by atoms with Crippen LogP contribution in [0.2, 0.25) is 0 Å². The van der Waals surface area contributed by atoms with Crippen LogP contribution in [0.25, 0.3) is 0 Å². The zero-order valence-corrected chi connectivity index (χ0v) is 11.7. The Hall–Kier alpha value is -2.90. The number of rotatable bonds is 3. The van der Waals surface area contributed by atoms with Crippen molar-refractivity contribution in [3.8, 4) is 0 Å². The van der Waals surface area contributed by atoms with Crippen LogP contribution in [0.15, 0.2) is 35.1 Å². The Balaban J connectivity index is 1.63. The van der Waals surface area contributed by atoms with E-state index in [0.29, 0.717) is 26.2 Å². The van der Waals surface area contributed by atoms with E-state index in [0.717, 1.165) is 12.1 Å². The maximum Gasteiger partial charge on any atom is 0.338 e. The largest absolute Gasteiger partial charge is 0.478 e. The van der Waals surface area contributed by atoms with Gasteiger partial charge in [0.2, 0.25) is 0 Å². The lowest BCUT2D eigenvalue weighted by Gasteiger charge is -2.34. The highest BCUT2D eigenvalue weighted by atomic mass is 16.4. The quantitative estimate of drug-likeness (QED) is 0.892. The predicted molar refractivity (Wildman–Crippen MR) is 75.8 cm³/mol. The predicted octanol–water partition coefficient (Wildman–Crippen LogP) is 0.730. The van der Waals surface area contributed by atoms with E-state index in [1.54, 1.807) is 11.1 Å². The fourth-order valence-electron chi connectivity index (χ4n) is 2.32. The summed E-state index contributed by atoms with van der Waals surface area (Å²) in [5, 5.41) is 16.7. The minimum atomic E-state index is -1.12. The second kappa shape index (κ2) is 5.84. The number of anilines is 1. The van der Waals surface area contributed by atoms with Crippen molar-refractivity contribution in [3.05, 3.63) is 42.0 Å². The van der Waals surface area contributed by atoms with Crippen molar-refractivity contribution in [2.24, 2.45) is 0 Å². The lowest BCUT2D eigenvalue weighted by atomic mass is 10.2. The summed E-state index contributed by atoms with van der Waals surface area (Å²) in [6.07, 6.45) is 2.69. The average Bonchev–Trinajstić information content (AvgIpc) is 3.05. The van der Waals surface area contributed by atoms with Crippen LogP contribution in [0.1, 0.15) is 20.9 Å². The second-order valence-corrected chi connectivity index (χ2v) is 4.87. The monoisotopic (exact) mass is 302 g/mol. The zero-order valence-electron chi connectivity index (χ0n) is 11.7. The molecular weight excluding hydrogens is 288 g/mol. The van der Waals surface area contributed by atoms with E-state index < -0.39 is 5.97 Å². The van der Waals surface area contributed by atoms with Gasteiger partial charge in [0.1, 0.15) is 6.26 Å². The fourth-order valence-corrected chi connectivity index (χ4v) is 2.32. The van der Waals surface area contributed by atoms with E-state index in [9.17, 15) is 9.59 Å². The van der Waals surface area contributed by atoms with Gasteiger partial charge in [0.25, 0.3) is 5.91 Å². The van der Waals surface area contributed by atoms with Crippen LogP contribution in [0.5, 0.6) is 0 Å². The van der Waals surface area contributed by atoms with Gasteiger partial charge in [0, 0.05) is 38.4 Å². The number of hydrogen-bond donors (Lipinski definition) is 1. The van der Waals surface area contributed by atoms with Crippen molar-refractivity contribution in [2.75, 3.05) is 31.1 Å². The van der Waals surface area contributed by atoms with Crippen LogP contribution in [-0.2, 0) is 0 Å². The standard InChI is InChI=1S/C14H14N4O4/c19-13(11-8-10(9-22-11)14(20)21)18-6-4-17(5-7-18)12-2-1-3-15-16-12/h1-3,8-9H,4-7H2,(H,20,21). The van der Waals surface area contributed by atoms with Crippen LogP contribution >= 0.6 is 0 Å². The van der Waals surface area contributed by atoms with E-state index in [1.165, 1.54) is 6.07 Å². The number of carbonyl (C=O) groups excluding carboxylic acids is 1. The van der Waals surface area contributed by atoms with Crippen LogP contribution in [0.3, 0.4) is 0 Å². The number of carbonyl (C=O) groups is 2. The summed E-state index contributed by atoms with van der Waals surface area (Å²) >= 11 is 0. The molecule has 1 amide bonds. The van der Waals surface area contributed by atoms with E-state index >= 15 is 0 Å². The van der Waals surface area contributed by atoms with Crippen LogP contribution in [0.4, 0.5) is 5.82 Å². The van der Waals surface area contributed by atoms with Gasteiger partial charge in [-0.15, -0.1) is 5.10 Å². The maximum absolute atomic E-state index is 12.3. The molecule has 0 unspecified atom stereocenters. The van der Waals surface area contributed by atoms with Gasteiger partial charge in [-0.1, -0.05) is 0 Å². The summed E-state index contributed by atoms with van der Waals surface area (Å²) in [6.45, 7) is 2.30. The third-order valence-electron chi connectivity index (χ3n) is 3.51. The van der Waals surface area contributed by atoms with E-state index in [4.69, 9.17) is 9.52 Å². The first-order valence-corrected chi connectivity index (χ1v) is 6.79. The molecule has 1 aliphatic rings. The fraction of sp³-hybridized carbons (Fsp3) is 0.286. The Labute approximate surface area is 126 Å². The van der Waals surface area contributed by atoms with Gasteiger partial charge in [0.05, 0.1) is 5.56 Å². The van der Waals surface area contributed by atoms with Crippen molar-refractivity contribution in [1.82, 2.24) is 15.1 Å². The number of nitrogens with zero attached hydrogens (tertiary/aromatic N) is 4. The molecule has 0 atom stereocenters. The average molecular weight is 302 g/mol. The van der Waals surface area contributed by atoms with Gasteiger partial charge in [-0.25, -0.2) is 4.79 Å². The Kier molecular flexibility index (Phi) is 3.73. The molecule has 114 valence electrons. The number of hydrogen-bond acceptors (Lipinski definition) is 6. The molecule has 0 aliphatic carbocycles. The molecule has 8 nitrogen and oxygen atoms in total. The summed E-state index contributed by atoms with van der Waals surface area (Å²) in [7, 11) is 0. The molecule has 0 aromatic carbocycles. The smallest absolute Gasteiger partial charge is 0.338 e. The Bertz CT molecular complexity index is 677. The summed E-state index contributed by atoms with van der Waals surface area (Å²) in [5.41, 5.74) is -0.0263. The first-order chi connectivity index (χ1) is 10.6. The maximum atomic E-state index is 12.3. The lowest BCUT2D eigenvalue weighted by Crippen LogP contribution is -2.49. The lowest BCUT2D eigenvalue weighted by molar-refractivity contribution is 0.0692. The summed E-state index contributed by atoms with van der Waals surface area (Å²) < 4.78 is 5.04. The van der Waals surface area contributed by atoms with Gasteiger partial charge >= 0.3 is 5.97 Å². The number of piperazine rings is 1. The molecule has 3 rings (SSSR count). The second-order valence-electron chi connectivity index (χ2n) is 4.87. The molecule has 2 aromatic heterocycles. The Morgan fingerprint density at radius 1 is 1.23 bits per heavy atom. The first kappa shape index (κ1) is 14.1. The van der Waals surface area contributed by atoms with Gasteiger partial charge in [-0.05, 0) is 12.1 Å². The summed E-state index contributed by atoms with van der Waals surface area (Å²) in [6, 6.07) is 4.94.